The lowest BCUT2D eigenvalue weighted by Gasteiger charge is -2.13. The van der Waals surface area contributed by atoms with Gasteiger partial charge in [0.2, 0.25) is 0 Å². The molecule has 2 rings (SSSR count). The molecule has 1 N–H and O–H groups in total. The van der Waals surface area contributed by atoms with E-state index in [4.69, 9.17) is 10.00 Å². The zero-order valence-electron chi connectivity index (χ0n) is 12.5. The van der Waals surface area contributed by atoms with Crippen LogP contribution in [0, 0.1) is 11.3 Å². The van der Waals surface area contributed by atoms with Gasteiger partial charge in [-0.3, -0.25) is 0 Å². The van der Waals surface area contributed by atoms with Crippen molar-refractivity contribution in [1.29, 1.82) is 5.26 Å². The van der Waals surface area contributed by atoms with Gasteiger partial charge in [0.05, 0.1) is 12.7 Å². The topological polar surface area (TPSA) is 45.0 Å². The molecule has 0 aliphatic carbocycles. The van der Waals surface area contributed by atoms with E-state index >= 15 is 0 Å². The first-order valence-electron chi connectivity index (χ1n) is 7.07. The third-order valence-electron chi connectivity index (χ3n) is 3.53. The smallest absolute Gasteiger partial charge is 0.136 e. The van der Waals surface area contributed by atoms with E-state index in [1.54, 1.807) is 7.11 Å². The van der Waals surface area contributed by atoms with Crippen LogP contribution in [-0.4, -0.2) is 13.7 Å². The second-order valence-electron chi connectivity index (χ2n) is 5.09. The average molecular weight is 280 g/mol. The van der Waals surface area contributed by atoms with E-state index < -0.39 is 0 Å². The third-order valence-corrected chi connectivity index (χ3v) is 3.53. The molecule has 1 unspecified atom stereocenters. The first kappa shape index (κ1) is 15.1. The molecular formula is C18H20N2O. The van der Waals surface area contributed by atoms with Crippen LogP contribution in [0.4, 0.5) is 0 Å². The van der Waals surface area contributed by atoms with E-state index in [0.717, 1.165) is 18.7 Å². The molecule has 2 aromatic rings. The summed E-state index contributed by atoms with van der Waals surface area (Å²) >= 11 is 0. The quantitative estimate of drug-likeness (QED) is 0.881. The van der Waals surface area contributed by atoms with E-state index in [0.29, 0.717) is 17.2 Å². The fourth-order valence-corrected chi connectivity index (χ4v) is 2.28. The van der Waals surface area contributed by atoms with Crippen LogP contribution in [0.1, 0.15) is 29.5 Å². The zero-order valence-corrected chi connectivity index (χ0v) is 12.5. The number of hydrogen-bond donors (Lipinski definition) is 1. The number of methoxy groups -OCH3 is 1. The molecule has 0 aliphatic heterocycles. The Bertz CT molecular complexity index is 617. The average Bonchev–Trinajstić information content (AvgIpc) is 2.55. The molecule has 0 heterocycles. The number of nitrogens with zero attached hydrogens (tertiary/aromatic N) is 1. The van der Waals surface area contributed by atoms with Crippen molar-refractivity contribution in [2.45, 2.75) is 19.4 Å². The minimum atomic E-state index is 0.458. The van der Waals surface area contributed by atoms with Crippen molar-refractivity contribution >= 4 is 0 Å². The molecule has 21 heavy (non-hydrogen) atoms. The summed E-state index contributed by atoms with van der Waals surface area (Å²) in [5, 5.41) is 12.5. The number of hydrogen-bond acceptors (Lipinski definition) is 3. The highest BCUT2D eigenvalue weighted by molar-refractivity contribution is 5.45. The SMILES string of the molecule is COc1ccc(CNCC(C)c2ccccc2)cc1C#N. The Balaban J connectivity index is 1.91. The van der Waals surface area contributed by atoms with Crippen molar-refractivity contribution in [3.63, 3.8) is 0 Å². The molecule has 0 saturated heterocycles. The van der Waals surface area contributed by atoms with Crippen molar-refractivity contribution in [3.8, 4) is 11.8 Å². The fourth-order valence-electron chi connectivity index (χ4n) is 2.28. The molecule has 0 radical (unpaired) electrons. The number of nitrogens with one attached hydrogen (secondary N) is 1. The van der Waals surface area contributed by atoms with Gasteiger partial charge in [-0.15, -0.1) is 0 Å². The molecule has 1 atom stereocenters. The maximum Gasteiger partial charge on any atom is 0.136 e. The van der Waals surface area contributed by atoms with Crippen molar-refractivity contribution in [2.24, 2.45) is 0 Å². The molecule has 0 aliphatic rings. The second-order valence-corrected chi connectivity index (χ2v) is 5.09. The Morgan fingerprint density at radius 2 is 1.95 bits per heavy atom. The Morgan fingerprint density at radius 1 is 1.19 bits per heavy atom. The monoisotopic (exact) mass is 280 g/mol. The molecule has 0 amide bonds. The van der Waals surface area contributed by atoms with Crippen molar-refractivity contribution < 1.29 is 4.74 Å². The van der Waals surface area contributed by atoms with Gasteiger partial charge in [-0.1, -0.05) is 43.3 Å². The van der Waals surface area contributed by atoms with E-state index in [9.17, 15) is 0 Å². The first-order chi connectivity index (χ1) is 10.2. The maximum absolute atomic E-state index is 9.09. The van der Waals surface area contributed by atoms with Crippen molar-refractivity contribution in [2.75, 3.05) is 13.7 Å². The molecule has 0 fully saturated rings. The number of benzene rings is 2. The van der Waals surface area contributed by atoms with Gasteiger partial charge in [-0.2, -0.15) is 5.26 Å². The summed E-state index contributed by atoms with van der Waals surface area (Å²) in [7, 11) is 1.58. The molecule has 0 aromatic heterocycles. The van der Waals surface area contributed by atoms with Crippen LogP contribution in [0.2, 0.25) is 0 Å². The van der Waals surface area contributed by atoms with Gasteiger partial charge in [0, 0.05) is 13.1 Å². The predicted octanol–water partition coefficient (Wildman–Crippen LogP) is 3.46. The van der Waals surface area contributed by atoms with Gasteiger partial charge >= 0.3 is 0 Å². The Labute approximate surface area is 126 Å². The van der Waals surface area contributed by atoms with E-state index in [1.165, 1.54) is 5.56 Å². The van der Waals surface area contributed by atoms with Crippen molar-refractivity contribution in [3.05, 3.63) is 65.2 Å². The minimum Gasteiger partial charge on any atom is -0.495 e. The molecule has 3 nitrogen and oxygen atoms in total. The predicted molar refractivity (Wildman–Crippen MR) is 84.3 cm³/mol. The Morgan fingerprint density at radius 3 is 2.62 bits per heavy atom. The summed E-state index contributed by atoms with van der Waals surface area (Å²) in [6.07, 6.45) is 0. The molecule has 2 aromatic carbocycles. The molecule has 0 bridgehead atoms. The maximum atomic E-state index is 9.09. The normalized spacial score (nSPS) is 11.7. The lowest BCUT2D eigenvalue weighted by Crippen LogP contribution is -2.19. The van der Waals surface area contributed by atoms with Gasteiger partial charge < -0.3 is 10.1 Å². The van der Waals surface area contributed by atoms with Crippen molar-refractivity contribution in [1.82, 2.24) is 5.32 Å². The highest BCUT2D eigenvalue weighted by Crippen LogP contribution is 2.19. The molecule has 108 valence electrons. The van der Waals surface area contributed by atoms with Crippen LogP contribution in [-0.2, 0) is 6.54 Å². The van der Waals surface area contributed by atoms with Gasteiger partial charge in [0.25, 0.3) is 0 Å². The van der Waals surface area contributed by atoms with Crippen LogP contribution in [0.25, 0.3) is 0 Å². The van der Waals surface area contributed by atoms with Gasteiger partial charge in [0.15, 0.2) is 0 Å². The highest BCUT2D eigenvalue weighted by Gasteiger charge is 2.06. The van der Waals surface area contributed by atoms with Crippen LogP contribution < -0.4 is 10.1 Å². The highest BCUT2D eigenvalue weighted by atomic mass is 16.5. The van der Waals surface area contributed by atoms with Gasteiger partial charge in [0.1, 0.15) is 11.8 Å². The summed E-state index contributed by atoms with van der Waals surface area (Å²) in [6, 6.07) is 18.3. The molecule has 3 heteroatoms. The van der Waals surface area contributed by atoms with Crippen LogP contribution in [0.5, 0.6) is 5.75 Å². The lowest BCUT2D eigenvalue weighted by atomic mass is 10.0. The van der Waals surface area contributed by atoms with Crippen LogP contribution in [0.3, 0.4) is 0 Å². The van der Waals surface area contributed by atoms with Crippen LogP contribution in [0.15, 0.2) is 48.5 Å². The van der Waals surface area contributed by atoms with E-state index in [2.05, 4.69) is 42.6 Å². The van der Waals surface area contributed by atoms with Gasteiger partial charge in [-0.25, -0.2) is 0 Å². The first-order valence-corrected chi connectivity index (χ1v) is 7.07. The van der Waals surface area contributed by atoms with E-state index in [1.807, 2.05) is 24.3 Å². The number of nitriles is 1. The minimum absolute atomic E-state index is 0.458. The Kier molecular flexibility index (Phi) is 5.36. The summed E-state index contributed by atoms with van der Waals surface area (Å²) in [5.74, 6) is 1.08. The standard InChI is InChI=1S/C18H20N2O/c1-14(16-6-4-3-5-7-16)12-20-13-15-8-9-18(21-2)17(10-15)11-19/h3-10,14,20H,12-13H2,1-2H3. The summed E-state index contributed by atoms with van der Waals surface area (Å²) < 4.78 is 5.15. The summed E-state index contributed by atoms with van der Waals surface area (Å²) in [4.78, 5) is 0. The van der Waals surface area contributed by atoms with E-state index in [-0.39, 0.29) is 0 Å². The molecule has 0 spiro atoms. The fraction of sp³-hybridized carbons (Fsp3) is 0.278. The zero-order chi connectivity index (χ0) is 15.1. The third kappa shape index (κ3) is 4.08. The molecular weight excluding hydrogens is 260 g/mol. The van der Waals surface area contributed by atoms with Gasteiger partial charge in [-0.05, 0) is 29.2 Å². The number of rotatable bonds is 6. The molecule has 0 saturated carbocycles. The number of ether oxygens (including phenoxy) is 1. The Hall–Kier alpha value is -2.31. The summed E-state index contributed by atoms with van der Waals surface area (Å²) in [5.41, 5.74) is 3.00. The largest absolute Gasteiger partial charge is 0.495 e. The van der Waals surface area contributed by atoms with Crippen LogP contribution >= 0.6 is 0 Å². The summed E-state index contributed by atoms with van der Waals surface area (Å²) in [6.45, 7) is 3.85. The lowest BCUT2D eigenvalue weighted by molar-refractivity contribution is 0.413. The second kappa shape index (κ2) is 7.47.